The number of anilines is 1. The molecule has 0 radical (unpaired) electrons. The third-order valence-electron chi connectivity index (χ3n) is 8.98. The smallest absolute Gasteiger partial charge is 0.301 e. The minimum Gasteiger partial charge on any atom is -0.507 e. The van der Waals surface area contributed by atoms with Gasteiger partial charge in [0.15, 0.2) is 15.8 Å². The Kier molecular flexibility index (Phi) is 10.0. The van der Waals surface area contributed by atoms with E-state index in [1.54, 1.807) is 30.3 Å². The van der Waals surface area contributed by atoms with Crippen molar-refractivity contribution in [1.82, 2.24) is 10.2 Å². The van der Waals surface area contributed by atoms with Crippen molar-refractivity contribution in [3.8, 4) is 17.2 Å². The van der Waals surface area contributed by atoms with E-state index in [9.17, 15) is 14.7 Å². The van der Waals surface area contributed by atoms with Crippen molar-refractivity contribution in [1.29, 1.82) is 0 Å². The van der Waals surface area contributed by atoms with Gasteiger partial charge < -0.3 is 19.3 Å². The highest BCUT2D eigenvalue weighted by Crippen LogP contribution is 2.46. The molecule has 1 aromatic heterocycles. The van der Waals surface area contributed by atoms with Gasteiger partial charge in [-0.25, -0.2) is 0 Å². The van der Waals surface area contributed by atoms with Gasteiger partial charge in [0.25, 0.3) is 5.78 Å². The summed E-state index contributed by atoms with van der Waals surface area (Å²) in [6, 6.07) is 24.1. The maximum absolute atomic E-state index is 14.0. The summed E-state index contributed by atoms with van der Waals surface area (Å²) in [5, 5.41) is 23.3. The second-order valence-electron chi connectivity index (χ2n) is 13.1. The Morgan fingerprint density at radius 2 is 1.84 bits per heavy atom. The highest BCUT2D eigenvalue weighted by molar-refractivity contribution is 8.00. The zero-order valence-corrected chi connectivity index (χ0v) is 30.6. The second-order valence-corrected chi connectivity index (χ2v) is 15.3. The standard InChI is InChI=1S/C40H39N3O6S2/c1-5-47-33-21-26(13-16-32(33)48-18-17-23(2)3)35-34(36(44)27-14-15-31-29(20-27)19-24(4)49-31)37(45)38(46)43(35)39-41-42-40(51-39)50-22-28-11-8-10-25-9-6-7-12-30(25)28/h6-16,20-21,23-24,35,44H,5,17-19,22H2,1-4H3/b36-34+/t24-,35-/m1/s1. The number of benzene rings is 4. The van der Waals surface area contributed by atoms with E-state index >= 15 is 0 Å². The van der Waals surface area contributed by atoms with E-state index in [1.807, 2.05) is 38.1 Å². The Labute approximate surface area is 305 Å². The first-order valence-corrected chi connectivity index (χ1v) is 19.0. The quantitative estimate of drug-likeness (QED) is 0.0445. The first kappa shape index (κ1) is 34.6. The van der Waals surface area contributed by atoms with Gasteiger partial charge in [0, 0.05) is 17.7 Å². The summed E-state index contributed by atoms with van der Waals surface area (Å²) in [5.74, 6) is 1.03. The van der Waals surface area contributed by atoms with E-state index in [-0.39, 0.29) is 22.6 Å². The Bertz CT molecular complexity index is 2140. The lowest BCUT2D eigenvalue weighted by atomic mass is 9.94. The number of aliphatic hydroxyl groups is 1. The molecule has 1 N–H and O–H groups in total. The van der Waals surface area contributed by atoms with Gasteiger partial charge in [-0.2, -0.15) is 0 Å². The third kappa shape index (κ3) is 7.05. The number of hydrogen-bond donors (Lipinski definition) is 1. The van der Waals surface area contributed by atoms with Gasteiger partial charge in [-0.05, 0) is 84.0 Å². The fourth-order valence-corrected chi connectivity index (χ4v) is 8.34. The number of ketones is 1. The van der Waals surface area contributed by atoms with Crippen molar-refractivity contribution < 1.29 is 28.9 Å². The summed E-state index contributed by atoms with van der Waals surface area (Å²) in [6.45, 7) is 9.03. The van der Waals surface area contributed by atoms with Crippen molar-refractivity contribution in [3.05, 3.63) is 107 Å². The summed E-state index contributed by atoms with van der Waals surface area (Å²) in [7, 11) is 0. The van der Waals surface area contributed by atoms with Crippen LogP contribution < -0.4 is 19.1 Å². The summed E-state index contributed by atoms with van der Waals surface area (Å²) >= 11 is 2.75. The number of ether oxygens (including phenoxy) is 3. The van der Waals surface area contributed by atoms with Gasteiger partial charge in [-0.1, -0.05) is 85.5 Å². The number of fused-ring (bicyclic) bond motifs is 2. The number of amides is 1. The zero-order chi connectivity index (χ0) is 35.6. The van der Waals surface area contributed by atoms with Crippen LogP contribution in [0.5, 0.6) is 17.2 Å². The average Bonchev–Trinajstić information content (AvgIpc) is 3.82. The molecule has 1 fully saturated rings. The third-order valence-corrected chi connectivity index (χ3v) is 11.1. The molecular weight excluding hydrogens is 683 g/mol. The maximum atomic E-state index is 14.0. The lowest BCUT2D eigenvalue weighted by molar-refractivity contribution is -0.132. The van der Waals surface area contributed by atoms with Crippen LogP contribution in [0.3, 0.4) is 0 Å². The molecule has 2 atom stereocenters. The van der Waals surface area contributed by atoms with Crippen LogP contribution in [0.1, 0.15) is 62.4 Å². The summed E-state index contributed by atoms with van der Waals surface area (Å²) < 4.78 is 18.6. The number of aliphatic hydroxyl groups excluding tert-OH is 1. The number of aromatic nitrogens is 2. The molecule has 51 heavy (non-hydrogen) atoms. The zero-order valence-electron chi connectivity index (χ0n) is 28.9. The molecule has 3 heterocycles. The largest absolute Gasteiger partial charge is 0.507 e. The van der Waals surface area contributed by atoms with Crippen LogP contribution in [-0.4, -0.2) is 46.3 Å². The molecule has 0 spiro atoms. The molecule has 1 saturated heterocycles. The molecule has 11 heteroatoms. The van der Waals surface area contributed by atoms with Crippen molar-refractivity contribution in [2.24, 2.45) is 5.92 Å². The lowest BCUT2D eigenvalue weighted by Gasteiger charge is -2.24. The minimum atomic E-state index is -0.999. The van der Waals surface area contributed by atoms with E-state index in [1.165, 1.54) is 28.0 Å². The summed E-state index contributed by atoms with van der Waals surface area (Å²) in [5.41, 5.74) is 3.04. The highest BCUT2D eigenvalue weighted by Gasteiger charge is 2.48. The molecule has 0 aliphatic carbocycles. The molecule has 262 valence electrons. The highest BCUT2D eigenvalue weighted by atomic mass is 32.2. The minimum absolute atomic E-state index is 0.00585. The number of carbonyl (C=O) groups is 2. The SMILES string of the molecule is CCOc1cc([C@@H]2/C(=C(\O)c3ccc4c(c3)C[C@@H](C)O4)C(=O)C(=O)N2c2nnc(SCc3cccc4ccccc34)s2)ccc1OCCC(C)C. The van der Waals surface area contributed by atoms with Crippen LogP contribution in [0, 0.1) is 5.92 Å². The van der Waals surface area contributed by atoms with E-state index in [4.69, 9.17) is 14.2 Å². The van der Waals surface area contributed by atoms with Gasteiger partial charge >= 0.3 is 5.91 Å². The van der Waals surface area contributed by atoms with Crippen LogP contribution in [-0.2, 0) is 21.8 Å². The predicted molar refractivity (Wildman–Crippen MR) is 201 cm³/mol. The molecular formula is C40H39N3O6S2. The molecule has 4 aromatic carbocycles. The lowest BCUT2D eigenvalue weighted by Crippen LogP contribution is -2.29. The Morgan fingerprint density at radius 1 is 1.02 bits per heavy atom. The molecule has 7 rings (SSSR count). The number of Topliss-reactive ketones (excluding diaryl/α,β-unsaturated/α-hetero) is 1. The first-order valence-electron chi connectivity index (χ1n) is 17.1. The van der Waals surface area contributed by atoms with E-state index < -0.39 is 17.7 Å². The number of nitrogens with zero attached hydrogens (tertiary/aromatic N) is 3. The maximum Gasteiger partial charge on any atom is 0.301 e. The molecule has 5 aromatic rings. The number of thioether (sulfide) groups is 1. The molecule has 0 saturated carbocycles. The van der Waals surface area contributed by atoms with Crippen LogP contribution in [0.2, 0.25) is 0 Å². The van der Waals surface area contributed by atoms with Crippen LogP contribution in [0.4, 0.5) is 5.13 Å². The van der Waals surface area contributed by atoms with E-state index in [0.717, 1.165) is 34.1 Å². The molecule has 2 aliphatic rings. The van der Waals surface area contributed by atoms with Crippen molar-refractivity contribution in [2.45, 2.75) is 62.8 Å². The Hall–Kier alpha value is -4.87. The van der Waals surface area contributed by atoms with Gasteiger partial charge in [0.1, 0.15) is 17.6 Å². The molecule has 9 nitrogen and oxygen atoms in total. The molecule has 0 unspecified atom stereocenters. The van der Waals surface area contributed by atoms with E-state index in [0.29, 0.717) is 58.3 Å². The number of carbonyl (C=O) groups excluding carboxylic acids is 2. The topological polar surface area (TPSA) is 111 Å². The monoisotopic (exact) mass is 721 g/mol. The summed E-state index contributed by atoms with van der Waals surface area (Å²) in [6.07, 6.45) is 1.55. The number of hydrogen-bond acceptors (Lipinski definition) is 10. The fraction of sp³-hybridized carbons (Fsp3) is 0.300. The molecule has 1 amide bonds. The van der Waals surface area contributed by atoms with Gasteiger partial charge in [0.2, 0.25) is 5.13 Å². The fourth-order valence-electron chi connectivity index (χ4n) is 6.47. The van der Waals surface area contributed by atoms with Gasteiger partial charge in [-0.3, -0.25) is 14.5 Å². The van der Waals surface area contributed by atoms with E-state index in [2.05, 4.69) is 48.3 Å². The average molecular weight is 722 g/mol. The molecule has 2 aliphatic heterocycles. The second kappa shape index (κ2) is 14.8. The summed E-state index contributed by atoms with van der Waals surface area (Å²) in [4.78, 5) is 29.3. The normalized spacial score (nSPS) is 18.0. The predicted octanol–water partition coefficient (Wildman–Crippen LogP) is 8.76. The van der Waals surface area contributed by atoms with Crippen molar-refractivity contribution in [3.63, 3.8) is 0 Å². The number of rotatable bonds is 12. The van der Waals surface area contributed by atoms with Gasteiger partial charge in [0.05, 0.1) is 24.8 Å². The van der Waals surface area contributed by atoms with Crippen LogP contribution in [0.25, 0.3) is 16.5 Å². The van der Waals surface area contributed by atoms with Gasteiger partial charge in [-0.15, -0.1) is 10.2 Å². The Balaban J connectivity index is 1.27. The van der Waals surface area contributed by atoms with Crippen molar-refractivity contribution in [2.75, 3.05) is 18.1 Å². The Morgan fingerprint density at radius 3 is 2.67 bits per heavy atom. The van der Waals surface area contributed by atoms with Crippen molar-refractivity contribution >= 4 is 56.5 Å². The first-order chi connectivity index (χ1) is 24.7. The molecule has 0 bridgehead atoms. The van der Waals surface area contributed by atoms with Crippen LogP contribution >= 0.6 is 23.1 Å². The van der Waals surface area contributed by atoms with Crippen LogP contribution in [0.15, 0.2) is 88.8 Å².